The van der Waals surface area contributed by atoms with Gasteiger partial charge in [-0.05, 0) is 37.1 Å². The number of carbonyl (C=O) groups excluding carboxylic acids is 2. The van der Waals surface area contributed by atoms with E-state index in [4.69, 9.17) is 0 Å². The third kappa shape index (κ3) is 2.74. The number of thiophene rings is 1. The van der Waals surface area contributed by atoms with Crippen LogP contribution in [0.15, 0.2) is 11.4 Å². The van der Waals surface area contributed by atoms with E-state index in [1.54, 1.807) is 11.3 Å². The lowest BCUT2D eigenvalue weighted by Crippen LogP contribution is -2.46. The van der Waals surface area contributed by atoms with Crippen molar-refractivity contribution < 1.29 is 18.0 Å². The Labute approximate surface area is 145 Å². The van der Waals surface area contributed by atoms with Crippen LogP contribution >= 0.6 is 11.3 Å². The second-order valence-electron chi connectivity index (χ2n) is 6.36. The molecule has 3 amide bonds. The van der Waals surface area contributed by atoms with Crippen molar-refractivity contribution in [2.24, 2.45) is 0 Å². The zero-order valence-electron chi connectivity index (χ0n) is 13.7. The molecular formula is C15H21N3O4S2. The number of fused-ring (bicyclic) bond motifs is 2. The minimum absolute atomic E-state index is 0.0895. The molecule has 1 atom stereocenters. The summed E-state index contributed by atoms with van der Waals surface area (Å²) >= 11 is 1.61. The van der Waals surface area contributed by atoms with Crippen molar-refractivity contribution in [3.8, 4) is 0 Å². The highest BCUT2D eigenvalue weighted by Gasteiger charge is 2.54. The average Bonchev–Trinajstić information content (AvgIpc) is 3.07. The molecule has 132 valence electrons. The quantitative estimate of drug-likeness (QED) is 0.786. The number of imide groups is 1. The first-order chi connectivity index (χ1) is 11.3. The van der Waals surface area contributed by atoms with Crippen LogP contribution in [-0.2, 0) is 26.8 Å². The summed E-state index contributed by atoms with van der Waals surface area (Å²) in [7, 11) is -0.392. The molecule has 0 unspecified atom stereocenters. The van der Waals surface area contributed by atoms with Gasteiger partial charge in [-0.25, -0.2) is 17.5 Å². The van der Waals surface area contributed by atoms with Crippen LogP contribution in [0.5, 0.6) is 0 Å². The van der Waals surface area contributed by atoms with Gasteiger partial charge in [0.15, 0.2) is 0 Å². The molecule has 1 aromatic rings. The molecule has 9 heteroatoms. The number of amides is 3. The molecule has 0 bridgehead atoms. The van der Waals surface area contributed by atoms with E-state index in [0.717, 1.165) is 32.5 Å². The van der Waals surface area contributed by atoms with E-state index in [2.05, 4.69) is 5.32 Å². The summed E-state index contributed by atoms with van der Waals surface area (Å²) in [6.07, 6.45) is 2.60. The van der Waals surface area contributed by atoms with Crippen LogP contribution in [0.4, 0.5) is 4.79 Å². The molecule has 1 aliphatic heterocycles. The second kappa shape index (κ2) is 6.12. The van der Waals surface area contributed by atoms with Crippen molar-refractivity contribution in [3.05, 3.63) is 21.9 Å². The molecule has 24 heavy (non-hydrogen) atoms. The minimum Gasteiger partial charge on any atom is -0.319 e. The molecule has 7 nitrogen and oxygen atoms in total. The number of hydrogen-bond acceptors (Lipinski definition) is 5. The number of carbonyl (C=O) groups is 2. The number of rotatable bonds is 5. The molecule has 1 spiro atoms. The molecule has 1 aliphatic carbocycles. The average molecular weight is 371 g/mol. The van der Waals surface area contributed by atoms with Crippen LogP contribution in [0.3, 0.4) is 0 Å². The van der Waals surface area contributed by atoms with E-state index in [9.17, 15) is 18.0 Å². The number of nitrogens with zero attached hydrogens (tertiary/aromatic N) is 2. The summed E-state index contributed by atoms with van der Waals surface area (Å²) in [5.41, 5.74) is -0.0500. The van der Waals surface area contributed by atoms with Crippen LogP contribution in [0.1, 0.15) is 29.7 Å². The lowest BCUT2D eigenvalue weighted by molar-refractivity contribution is -0.132. The summed E-state index contributed by atoms with van der Waals surface area (Å²) in [6, 6.07) is 1.48. The van der Waals surface area contributed by atoms with Gasteiger partial charge in [0.2, 0.25) is 10.0 Å². The first-order valence-electron chi connectivity index (χ1n) is 7.89. The lowest BCUT2D eigenvalue weighted by atomic mass is 9.80. The smallest absolute Gasteiger partial charge is 0.319 e. The van der Waals surface area contributed by atoms with Gasteiger partial charge in [-0.1, -0.05) is 0 Å². The van der Waals surface area contributed by atoms with E-state index in [-0.39, 0.29) is 24.6 Å². The number of nitrogens with one attached hydrogen (secondary N) is 1. The number of sulfonamides is 1. The Morgan fingerprint density at radius 3 is 2.83 bits per heavy atom. The van der Waals surface area contributed by atoms with Gasteiger partial charge in [-0.3, -0.25) is 9.69 Å². The van der Waals surface area contributed by atoms with E-state index in [1.165, 1.54) is 14.1 Å². The summed E-state index contributed by atoms with van der Waals surface area (Å²) in [6.45, 7) is 0.110. The van der Waals surface area contributed by atoms with Crippen molar-refractivity contribution in [2.45, 2.75) is 31.2 Å². The first kappa shape index (κ1) is 17.4. The fourth-order valence-electron chi connectivity index (χ4n) is 3.33. The van der Waals surface area contributed by atoms with Crippen LogP contribution in [-0.4, -0.2) is 56.0 Å². The molecule has 0 aromatic carbocycles. The summed E-state index contributed by atoms with van der Waals surface area (Å²) in [4.78, 5) is 27.6. The Kier molecular flexibility index (Phi) is 4.43. The second-order valence-corrected chi connectivity index (χ2v) is 9.66. The van der Waals surface area contributed by atoms with Crippen molar-refractivity contribution in [2.75, 3.05) is 26.4 Å². The van der Waals surface area contributed by atoms with E-state index >= 15 is 0 Å². The molecule has 2 heterocycles. The lowest BCUT2D eigenvalue weighted by Gasteiger charge is -2.31. The maximum absolute atomic E-state index is 12.9. The summed E-state index contributed by atoms with van der Waals surface area (Å²) in [5, 5.41) is 4.81. The van der Waals surface area contributed by atoms with Gasteiger partial charge in [0.1, 0.15) is 5.54 Å². The molecule has 0 saturated carbocycles. The molecule has 1 fully saturated rings. The van der Waals surface area contributed by atoms with Gasteiger partial charge in [0.25, 0.3) is 5.91 Å². The van der Waals surface area contributed by atoms with Gasteiger partial charge in [0, 0.05) is 31.1 Å². The van der Waals surface area contributed by atoms with Gasteiger partial charge >= 0.3 is 6.03 Å². The van der Waals surface area contributed by atoms with Gasteiger partial charge in [0.05, 0.1) is 5.75 Å². The Morgan fingerprint density at radius 2 is 2.12 bits per heavy atom. The van der Waals surface area contributed by atoms with Crippen molar-refractivity contribution in [1.29, 1.82) is 0 Å². The first-order valence-corrected chi connectivity index (χ1v) is 10.4. The van der Waals surface area contributed by atoms with Gasteiger partial charge in [-0.15, -0.1) is 11.3 Å². The molecule has 1 saturated heterocycles. The number of aryl methyl sites for hydroxylation is 1. The molecule has 0 radical (unpaired) electrons. The zero-order valence-corrected chi connectivity index (χ0v) is 15.4. The van der Waals surface area contributed by atoms with Gasteiger partial charge < -0.3 is 5.32 Å². The predicted molar refractivity (Wildman–Crippen MR) is 91.3 cm³/mol. The van der Waals surface area contributed by atoms with E-state index in [1.807, 2.05) is 11.4 Å². The van der Waals surface area contributed by atoms with Crippen molar-refractivity contribution in [1.82, 2.24) is 14.5 Å². The van der Waals surface area contributed by atoms with Gasteiger partial charge in [-0.2, -0.15) is 0 Å². The molecule has 1 aromatic heterocycles. The van der Waals surface area contributed by atoms with Crippen molar-refractivity contribution in [3.63, 3.8) is 0 Å². The third-order valence-corrected chi connectivity index (χ3v) is 7.57. The van der Waals surface area contributed by atoms with E-state index < -0.39 is 21.6 Å². The normalized spacial score (nSPS) is 23.9. The zero-order chi connectivity index (χ0) is 17.5. The Hall–Kier alpha value is -1.45. The van der Waals surface area contributed by atoms with Crippen LogP contribution in [0, 0.1) is 0 Å². The number of hydrogen-bond donors (Lipinski definition) is 1. The van der Waals surface area contributed by atoms with Crippen molar-refractivity contribution >= 4 is 33.3 Å². The minimum atomic E-state index is -3.33. The standard InChI is InChI=1S/C15H21N3O4S2/c1-17(2)24(21,22)10-4-8-18-13(19)15(16-14(18)20)7-3-5-12-11(15)6-9-23-12/h6,9H,3-5,7-8,10H2,1-2H3,(H,16,20)/t15-/m0/s1. The van der Waals surface area contributed by atoms with Crippen LogP contribution in [0.2, 0.25) is 0 Å². The molecular weight excluding hydrogens is 350 g/mol. The highest BCUT2D eigenvalue weighted by atomic mass is 32.2. The molecule has 1 N–H and O–H groups in total. The SMILES string of the molecule is CN(C)S(=O)(=O)CCCN1C(=O)N[C@]2(CCCc3sccc32)C1=O. The van der Waals surface area contributed by atoms with Crippen LogP contribution < -0.4 is 5.32 Å². The topological polar surface area (TPSA) is 86.8 Å². The van der Waals surface area contributed by atoms with Crippen LogP contribution in [0.25, 0.3) is 0 Å². The Morgan fingerprint density at radius 1 is 1.38 bits per heavy atom. The maximum Gasteiger partial charge on any atom is 0.325 e. The monoisotopic (exact) mass is 371 g/mol. The largest absolute Gasteiger partial charge is 0.325 e. The fourth-order valence-corrected chi connectivity index (χ4v) is 5.19. The number of urea groups is 1. The van der Waals surface area contributed by atoms with E-state index in [0.29, 0.717) is 6.42 Å². The third-order valence-electron chi connectivity index (χ3n) is 4.68. The molecule has 2 aliphatic rings. The highest BCUT2D eigenvalue weighted by Crippen LogP contribution is 2.42. The summed E-state index contributed by atoms with van der Waals surface area (Å²) in [5.74, 6) is -0.345. The fraction of sp³-hybridized carbons (Fsp3) is 0.600. The molecule has 3 rings (SSSR count). The predicted octanol–water partition coefficient (Wildman–Crippen LogP) is 1.11. The maximum atomic E-state index is 12.9. The summed E-state index contributed by atoms with van der Waals surface area (Å²) < 4.78 is 24.8. The Balaban J connectivity index is 1.75. The Bertz CT molecular complexity index is 771. The highest BCUT2D eigenvalue weighted by molar-refractivity contribution is 7.89.